The van der Waals surface area contributed by atoms with Crippen LogP contribution < -0.4 is 0 Å². The molecule has 1 saturated carbocycles. The Morgan fingerprint density at radius 1 is 1.38 bits per heavy atom. The summed E-state index contributed by atoms with van der Waals surface area (Å²) in [5.74, 6) is 0.965. The van der Waals surface area contributed by atoms with Gasteiger partial charge in [0.25, 0.3) is 0 Å². The lowest BCUT2D eigenvalue weighted by molar-refractivity contribution is 0.178. The molecule has 0 aliphatic heterocycles. The Labute approximate surface area is 107 Å². The van der Waals surface area contributed by atoms with Crippen molar-refractivity contribution in [3.05, 3.63) is 34.3 Å². The first-order valence-electron chi connectivity index (χ1n) is 6.24. The normalized spacial score (nSPS) is 16.4. The molecule has 1 aliphatic carbocycles. The fraction of sp³-hybridized carbons (Fsp3) is 0.571. The van der Waals surface area contributed by atoms with E-state index in [1.165, 1.54) is 35.8 Å². The van der Waals surface area contributed by atoms with Crippen molar-refractivity contribution >= 4 is 15.9 Å². The number of rotatable bonds is 5. The Morgan fingerprint density at radius 3 is 2.75 bits per heavy atom. The van der Waals surface area contributed by atoms with Crippen LogP contribution in [0.1, 0.15) is 31.7 Å². The Bertz CT molecular complexity index is 333. The number of halogens is 1. The molecule has 0 atom stereocenters. The highest BCUT2D eigenvalue weighted by molar-refractivity contribution is 9.10. The molecule has 2 rings (SSSR count). The van der Waals surface area contributed by atoms with Gasteiger partial charge in [-0.05, 0) is 43.0 Å². The summed E-state index contributed by atoms with van der Waals surface area (Å²) in [6.07, 6.45) is 4.32. The van der Waals surface area contributed by atoms with E-state index in [9.17, 15) is 0 Å². The van der Waals surface area contributed by atoms with Gasteiger partial charge >= 0.3 is 0 Å². The summed E-state index contributed by atoms with van der Waals surface area (Å²) < 4.78 is 1.18. The molecule has 88 valence electrons. The van der Waals surface area contributed by atoms with Crippen LogP contribution in [-0.4, -0.2) is 18.0 Å². The van der Waals surface area contributed by atoms with Crippen LogP contribution in [0.2, 0.25) is 0 Å². The van der Waals surface area contributed by atoms with Crippen molar-refractivity contribution in [2.24, 2.45) is 5.92 Å². The topological polar surface area (TPSA) is 3.24 Å². The van der Waals surface area contributed by atoms with E-state index in [4.69, 9.17) is 0 Å². The molecule has 2 heteroatoms. The van der Waals surface area contributed by atoms with Crippen molar-refractivity contribution in [3.63, 3.8) is 0 Å². The molecule has 0 heterocycles. The lowest BCUT2D eigenvalue weighted by Gasteiger charge is -2.31. The van der Waals surface area contributed by atoms with E-state index in [1.807, 2.05) is 0 Å². The summed E-state index contributed by atoms with van der Waals surface area (Å²) in [6.45, 7) is 5.79. The molecule has 1 aromatic rings. The van der Waals surface area contributed by atoms with Crippen molar-refractivity contribution in [2.45, 2.75) is 32.7 Å². The molecule has 0 amide bonds. The number of hydrogen-bond donors (Lipinski definition) is 0. The number of hydrogen-bond acceptors (Lipinski definition) is 1. The van der Waals surface area contributed by atoms with E-state index in [-0.39, 0.29) is 0 Å². The molecule has 0 aromatic heterocycles. The zero-order valence-electron chi connectivity index (χ0n) is 9.95. The van der Waals surface area contributed by atoms with Crippen LogP contribution >= 0.6 is 15.9 Å². The first kappa shape index (κ1) is 12.1. The van der Waals surface area contributed by atoms with Crippen LogP contribution in [0.25, 0.3) is 0 Å². The first-order chi connectivity index (χ1) is 7.78. The highest BCUT2D eigenvalue weighted by atomic mass is 79.9. The van der Waals surface area contributed by atoms with Crippen LogP contribution in [0.3, 0.4) is 0 Å². The van der Waals surface area contributed by atoms with Crippen molar-refractivity contribution < 1.29 is 0 Å². The smallest absolute Gasteiger partial charge is 0.0234 e. The second-order valence-corrected chi connectivity index (χ2v) is 5.67. The summed E-state index contributed by atoms with van der Waals surface area (Å²) >= 11 is 3.53. The maximum Gasteiger partial charge on any atom is 0.0234 e. The molecular weight excluding hydrogens is 262 g/mol. The molecule has 0 bridgehead atoms. The van der Waals surface area contributed by atoms with Gasteiger partial charge in [-0.2, -0.15) is 0 Å². The number of nitrogens with zero attached hydrogens (tertiary/aromatic N) is 1. The lowest BCUT2D eigenvalue weighted by Crippen LogP contribution is -2.32. The van der Waals surface area contributed by atoms with E-state index in [0.29, 0.717) is 0 Å². The van der Waals surface area contributed by atoms with E-state index >= 15 is 0 Å². The molecule has 16 heavy (non-hydrogen) atoms. The average molecular weight is 282 g/mol. The van der Waals surface area contributed by atoms with Gasteiger partial charge in [-0.15, -0.1) is 0 Å². The van der Waals surface area contributed by atoms with E-state index in [1.54, 1.807) is 0 Å². The third-order valence-corrected chi connectivity index (χ3v) is 3.98. The fourth-order valence-corrected chi connectivity index (χ4v) is 2.69. The van der Waals surface area contributed by atoms with Gasteiger partial charge in [0.15, 0.2) is 0 Å². The Hall–Kier alpha value is -0.340. The quantitative estimate of drug-likeness (QED) is 0.787. The Kier molecular flexibility index (Phi) is 4.42. The van der Waals surface area contributed by atoms with Crippen molar-refractivity contribution in [3.8, 4) is 0 Å². The van der Waals surface area contributed by atoms with Crippen molar-refractivity contribution in [2.75, 3.05) is 13.1 Å². The first-order valence-corrected chi connectivity index (χ1v) is 7.04. The van der Waals surface area contributed by atoms with Gasteiger partial charge in [-0.25, -0.2) is 0 Å². The highest BCUT2D eigenvalue weighted by Gasteiger charge is 2.19. The second kappa shape index (κ2) is 5.83. The maximum absolute atomic E-state index is 3.53. The largest absolute Gasteiger partial charge is 0.299 e. The third-order valence-electron chi connectivity index (χ3n) is 3.48. The predicted molar refractivity (Wildman–Crippen MR) is 72.4 cm³/mol. The van der Waals surface area contributed by atoms with Crippen molar-refractivity contribution in [1.82, 2.24) is 4.90 Å². The molecule has 1 aromatic carbocycles. The average Bonchev–Trinajstić information content (AvgIpc) is 2.21. The monoisotopic (exact) mass is 281 g/mol. The van der Waals surface area contributed by atoms with Crippen LogP contribution in [0.5, 0.6) is 0 Å². The van der Waals surface area contributed by atoms with Crippen LogP contribution in [0.15, 0.2) is 28.7 Å². The number of benzene rings is 1. The molecule has 0 unspecified atom stereocenters. The zero-order chi connectivity index (χ0) is 11.4. The maximum atomic E-state index is 3.53. The summed E-state index contributed by atoms with van der Waals surface area (Å²) in [6, 6.07) is 8.65. The minimum atomic E-state index is 0.965. The van der Waals surface area contributed by atoms with E-state index in [0.717, 1.165) is 19.0 Å². The summed E-state index contributed by atoms with van der Waals surface area (Å²) in [7, 11) is 0. The van der Waals surface area contributed by atoms with Crippen LogP contribution in [0.4, 0.5) is 0 Å². The SMILES string of the molecule is CCN(Cc1cccc(Br)c1)CC1CCC1. The lowest BCUT2D eigenvalue weighted by atomic mass is 9.85. The molecule has 1 nitrogen and oxygen atoms in total. The van der Waals surface area contributed by atoms with Gasteiger partial charge in [0.1, 0.15) is 0 Å². The Morgan fingerprint density at radius 2 is 2.19 bits per heavy atom. The molecule has 0 spiro atoms. The predicted octanol–water partition coefficient (Wildman–Crippen LogP) is 4.07. The molecular formula is C14H20BrN. The zero-order valence-corrected chi connectivity index (χ0v) is 11.5. The van der Waals surface area contributed by atoms with Gasteiger partial charge in [0.05, 0.1) is 0 Å². The van der Waals surface area contributed by atoms with Crippen LogP contribution in [0, 0.1) is 5.92 Å². The Balaban J connectivity index is 1.89. The molecule has 0 saturated heterocycles. The highest BCUT2D eigenvalue weighted by Crippen LogP contribution is 2.27. The third kappa shape index (κ3) is 3.33. The van der Waals surface area contributed by atoms with Gasteiger partial charge in [0.2, 0.25) is 0 Å². The van der Waals surface area contributed by atoms with E-state index in [2.05, 4.69) is 52.0 Å². The summed E-state index contributed by atoms with van der Waals surface area (Å²) in [5.41, 5.74) is 1.41. The van der Waals surface area contributed by atoms with Crippen molar-refractivity contribution in [1.29, 1.82) is 0 Å². The second-order valence-electron chi connectivity index (χ2n) is 4.75. The van der Waals surface area contributed by atoms with Crippen LogP contribution in [-0.2, 0) is 6.54 Å². The molecule has 0 N–H and O–H groups in total. The van der Waals surface area contributed by atoms with E-state index < -0.39 is 0 Å². The standard InChI is InChI=1S/C14H20BrN/c1-2-16(10-12-5-3-6-12)11-13-7-4-8-14(15)9-13/h4,7-9,12H,2-3,5-6,10-11H2,1H3. The molecule has 0 radical (unpaired) electrons. The van der Waals surface area contributed by atoms with Gasteiger partial charge in [-0.3, -0.25) is 4.90 Å². The van der Waals surface area contributed by atoms with Gasteiger partial charge < -0.3 is 0 Å². The summed E-state index contributed by atoms with van der Waals surface area (Å²) in [4.78, 5) is 2.56. The van der Waals surface area contributed by atoms with Gasteiger partial charge in [-0.1, -0.05) is 41.4 Å². The van der Waals surface area contributed by atoms with Gasteiger partial charge in [0, 0.05) is 17.6 Å². The minimum absolute atomic E-state index is 0.965. The minimum Gasteiger partial charge on any atom is -0.299 e. The fourth-order valence-electron chi connectivity index (χ4n) is 2.24. The summed E-state index contributed by atoms with van der Waals surface area (Å²) in [5, 5.41) is 0. The molecule has 1 aliphatic rings. The molecule has 1 fully saturated rings.